The quantitative estimate of drug-likeness (QED) is 0.619. The Kier molecular flexibility index (Phi) is 6.64. The van der Waals surface area contributed by atoms with Crippen LogP contribution in [0.1, 0.15) is 47.5 Å². The van der Waals surface area contributed by atoms with Crippen LogP contribution in [0.5, 0.6) is 0 Å². The summed E-state index contributed by atoms with van der Waals surface area (Å²) in [4.78, 5) is 0. The molecule has 0 radical (unpaired) electrons. The summed E-state index contributed by atoms with van der Waals surface area (Å²) in [6.07, 6.45) is 2.16. The van der Waals surface area contributed by atoms with E-state index >= 15 is 0 Å². The molecule has 0 amide bonds. The van der Waals surface area contributed by atoms with Crippen molar-refractivity contribution in [2.75, 3.05) is 13.2 Å². The normalized spacial score (nSPS) is 12.5. The summed E-state index contributed by atoms with van der Waals surface area (Å²) in [5.74, 6) is 0. The van der Waals surface area contributed by atoms with Gasteiger partial charge in [-0.05, 0) is 12.8 Å². The highest BCUT2D eigenvalue weighted by Gasteiger charge is 2.29. The second kappa shape index (κ2) is 6.57. The van der Waals surface area contributed by atoms with Crippen LogP contribution in [-0.2, 0) is 8.85 Å². The van der Waals surface area contributed by atoms with Crippen molar-refractivity contribution in [1.82, 2.24) is 0 Å². The van der Waals surface area contributed by atoms with Gasteiger partial charge in [0.15, 0.2) is 0 Å². The smallest absolute Gasteiger partial charge is 0.327 e. The lowest BCUT2D eigenvalue weighted by atomic mass is 10.3. The molecule has 0 aliphatic heterocycles. The van der Waals surface area contributed by atoms with Crippen LogP contribution >= 0.6 is 0 Å². The van der Waals surface area contributed by atoms with Crippen molar-refractivity contribution >= 4 is 9.28 Å². The van der Waals surface area contributed by atoms with Crippen LogP contribution in [0.25, 0.3) is 0 Å². The van der Waals surface area contributed by atoms with E-state index in [0.717, 1.165) is 26.1 Å². The molecule has 0 heterocycles. The topological polar surface area (TPSA) is 18.5 Å². The molecule has 0 N–H and O–H groups in total. The highest BCUT2D eigenvalue weighted by Crippen LogP contribution is 2.28. The zero-order chi connectivity index (χ0) is 10.3. The minimum atomic E-state index is -1.46. The van der Waals surface area contributed by atoms with Crippen molar-refractivity contribution in [3.05, 3.63) is 0 Å². The van der Waals surface area contributed by atoms with E-state index in [4.69, 9.17) is 8.85 Å². The largest absolute Gasteiger partial charge is 0.396 e. The van der Waals surface area contributed by atoms with Crippen LogP contribution in [-0.4, -0.2) is 22.5 Å². The molecule has 0 saturated carbocycles. The van der Waals surface area contributed by atoms with Crippen molar-refractivity contribution in [2.45, 2.75) is 52.5 Å². The average molecular weight is 204 g/mol. The van der Waals surface area contributed by atoms with Gasteiger partial charge >= 0.3 is 9.28 Å². The molecule has 0 aliphatic rings. The lowest BCUT2D eigenvalue weighted by Crippen LogP contribution is -2.33. The van der Waals surface area contributed by atoms with Gasteiger partial charge in [0, 0.05) is 18.3 Å². The van der Waals surface area contributed by atoms with Crippen LogP contribution in [0.3, 0.4) is 0 Å². The van der Waals surface area contributed by atoms with E-state index in [1.807, 2.05) is 0 Å². The summed E-state index contributed by atoms with van der Waals surface area (Å²) >= 11 is 0. The van der Waals surface area contributed by atoms with E-state index < -0.39 is 9.28 Å². The van der Waals surface area contributed by atoms with Crippen LogP contribution in [0.4, 0.5) is 0 Å². The van der Waals surface area contributed by atoms with Crippen molar-refractivity contribution < 1.29 is 8.85 Å². The van der Waals surface area contributed by atoms with Crippen LogP contribution in [0.15, 0.2) is 0 Å². The summed E-state index contributed by atoms with van der Waals surface area (Å²) < 4.78 is 11.5. The summed E-state index contributed by atoms with van der Waals surface area (Å²) in [6.45, 7) is 12.6. The molecule has 0 saturated heterocycles. The van der Waals surface area contributed by atoms with Crippen LogP contribution in [0.2, 0.25) is 5.04 Å². The SMILES string of the molecule is CCCO[SiH](OCCC)C(C)(C)C. The molecule has 0 rings (SSSR count). The van der Waals surface area contributed by atoms with E-state index in [2.05, 4.69) is 34.6 Å². The first-order valence-corrected chi connectivity index (χ1v) is 6.77. The van der Waals surface area contributed by atoms with Gasteiger partial charge < -0.3 is 8.85 Å². The predicted octanol–water partition coefficient (Wildman–Crippen LogP) is 2.86. The number of hydrogen-bond acceptors (Lipinski definition) is 2. The zero-order valence-electron chi connectivity index (χ0n) is 9.72. The Morgan fingerprint density at radius 3 is 1.54 bits per heavy atom. The van der Waals surface area contributed by atoms with Gasteiger partial charge in [0.05, 0.1) is 0 Å². The lowest BCUT2D eigenvalue weighted by molar-refractivity contribution is 0.178. The Balaban J connectivity index is 3.88. The van der Waals surface area contributed by atoms with E-state index in [9.17, 15) is 0 Å². The summed E-state index contributed by atoms with van der Waals surface area (Å²) in [7, 11) is -1.46. The monoisotopic (exact) mass is 204 g/mol. The Morgan fingerprint density at radius 2 is 1.31 bits per heavy atom. The first kappa shape index (κ1) is 13.1. The van der Waals surface area contributed by atoms with Crippen LogP contribution < -0.4 is 0 Å². The molecule has 0 fully saturated rings. The highest BCUT2D eigenvalue weighted by molar-refractivity contribution is 6.48. The Bertz CT molecular complexity index is 113. The molecule has 0 atom stereocenters. The summed E-state index contributed by atoms with van der Waals surface area (Å²) in [5.41, 5.74) is 0. The van der Waals surface area contributed by atoms with Crippen molar-refractivity contribution in [1.29, 1.82) is 0 Å². The van der Waals surface area contributed by atoms with Crippen molar-refractivity contribution in [2.24, 2.45) is 0 Å². The molecule has 0 aromatic heterocycles. The molecule has 0 aromatic rings. The molecular formula is C10H24O2Si. The first-order chi connectivity index (χ1) is 6.02. The van der Waals surface area contributed by atoms with Crippen molar-refractivity contribution in [3.63, 3.8) is 0 Å². The molecular weight excluding hydrogens is 180 g/mol. The summed E-state index contributed by atoms with van der Waals surface area (Å²) in [5, 5.41) is 0.213. The molecule has 13 heavy (non-hydrogen) atoms. The number of hydrogen-bond donors (Lipinski definition) is 0. The predicted molar refractivity (Wildman–Crippen MR) is 59.4 cm³/mol. The third kappa shape index (κ3) is 6.24. The third-order valence-corrected chi connectivity index (χ3v) is 4.14. The van der Waals surface area contributed by atoms with E-state index in [1.165, 1.54) is 0 Å². The Labute approximate surface area is 84.5 Å². The van der Waals surface area contributed by atoms with Gasteiger partial charge in [-0.1, -0.05) is 34.6 Å². The van der Waals surface area contributed by atoms with Gasteiger partial charge in [-0.25, -0.2) is 0 Å². The van der Waals surface area contributed by atoms with Crippen molar-refractivity contribution in [3.8, 4) is 0 Å². The first-order valence-electron chi connectivity index (χ1n) is 5.25. The summed E-state index contributed by atoms with van der Waals surface area (Å²) in [6, 6.07) is 0. The fourth-order valence-electron chi connectivity index (χ4n) is 0.998. The Hall–Kier alpha value is 0.137. The van der Waals surface area contributed by atoms with Gasteiger partial charge in [-0.3, -0.25) is 0 Å². The highest BCUT2D eigenvalue weighted by atomic mass is 28.3. The molecule has 0 bridgehead atoms. The van der Waals surface area contributed by atoms with Gasteiger partial charge in [-0.2, -0.15) is 0 Å². The minimum Gasteiger partial charge on any atom is -0.396 e. The van der Waals surface area contributed by atoms with E-state index in [-0.39, 0.29) is 5.04 Å². The maximum atomic E-state index is 5.77. The van der Waals surface area contributed by atoms with E-state index in [0.29, 0.717) is 0 Å². The van der Waals surface area contributed by atoms with Gasteiger partial charge in [0.1, 0.15) is 0 Å². The average Bonchev–Trinajstić information content (AvgIpc) is 2.02. The molecule has 0 aliphatic carbocycles. The van der Waals surface area contributed by atoms with E-state index in [1.54, 1.807) is 0 Å². The van der Waals surface area contributed by atoms with Crippen LogP contribution in [0, 0.1) is 0 Å². The van der Waals surface area contributed by atoms with Gasteiger partial charge in [0.25, 0.3) is 0 Å². The molecule has 0 spiro atoms. The minimum absolute atomic E-state index is 0.213. The second-order valence-corrected chi connectivity index (χ2v) is 7.50. The maximum absolute atomic E-state index is 5.77. The van der Waals surface area contributed by atoms with Gasteiger partial charge in [-0.15, -0.1) is 0 Å². The second-order valence-electron chi connectivity index (χ2n) is 4.44. The fourth-order valence-corrected chi connectivity index (χ4v) is 2.99. The Morgan fingerprint density at radius 1 is 0.923 bits per heavy atom. The molecule has 2 nitrogen and oxygen atoms in total. The van der Waals surface area contributed by atoms with Gasteiger partial charge in [0.2, 0.25) is 0 Å². The molecule has 0 aromatic carbocycles. The third-order valence-electron chi connectivity index (χ3n) is 1.65. The lowest BCUT2D eigenvalue weighted by Gasteiger charge is -2.28. The molecule has 80 valence electrons. The maximum Gasteiger partial charge on any atom is 0.327 e. The molecule has 3 heteroatoms. The fraction of sp³-hybridized carbons (Fsp3) is 1.00. The zero-order valence-corrected chi connectivity index (χ0v) is 10.9. The standard InChI is InChI=1S/C10H24O2Si/c1-6-8-11-13(10(3,4)5)12-9-7-2/h13H,6-9H2,1-5H3. The molecule has 0 unspecified atom stereocenters. The number of rotatable bonds is 6.